The van der Waals surface area contributed by atoms with Gasteiger partial charge in [-0.15, -0.1) is 0 Å². The highest BCUT2D eigenvalue weighted by atomic mass is 19.1. The van der Waals surface area contributed by atoms with Crippen LogP contribution in [0.15, 0.2) is 24.4 Å². The summed E-state index contributed by atoms with van der Waals surface area (Å²) in [6, 6.07) is 4.22. The molecule has 2 aliphatic heterocycles. The van der Waals surface area contributed by atoms with Gasteiger partial charge < -0.3 is 15.6 Å². The molecular formula is C21H23FN4O2. The Hall–Kier alpha value is -2.93. The van der Waals surface area contributed by atoms with Crippen LogP contribution in [0.2, 0.25) is 0 Å². The van der Waals surface area contributed by atoms with E-state index in [1.54, 1.807) is 18.3 Å². The van der Waals surface area contributed by atoms with Gasteiger partial charge in [0.1, 0.15) is 5.82 Å². The van der Waals surface area contributed by atoms with Gasteiger partial charge in [0.15, 0.2) is 0 Å². The summed E-state index contributed by atoms with van der Waals surface area (Å²) in [5.41, 5.74) is 3.75. The summed E-state index contributed by atoms with van der Waals surface area (Å²) in [5.74, 6) is -0.713. The molecule has 0 radical (unpaired) electrons. The lowest BCUT2D eigenvalue weighted by Crippen LogP contribution is -2.36. The van der Waals surface area contributed by atoms with Crippen molar-refractivity contribution >= 4 is 34.8 Å². The Morgan fingerprint density at radius 1 is 1.29 bits per heavy atom. The van der Waals surface area contributed by atoms with E-state index in [-0.39, 0.29) is 11.8 Å². The van der Waals surface area contributed by atoms with Crippen molar-refractivity contribution in [1.82, 2.24) is 9.88 Å². The molecule has 2 amide bonds. The predicted molar refractivity (Wildman–Crippen MR) is 107 cm³/mol. The molecule has 0 unspecified atom stereocenters. The van der Waals surface area contributed by atoms with Gasteiger partial charge in [-0.05, 0) is 62.7 Å². The molecular weight excluding hydrogens is 359 g/mol. The molecule has 7 heteroatoms. The van der Waals surface area contributed by atoms with E-state index in [4.69, 9.17) is 0 Å². The summed E-state index contributed by atoms with van der Waals surface area (Å²) in [6.45, 7) is 4.18. The van der Waals surface area contributed by atoms with Gasteiger partial charge in [-0.3, -0.25) is 14.5 Å². The molecule has 1 aromatic carbocycles. The van der Waals surface area contributed by atoms with E-state index in [1.807, 2.05) is 6.92 Å². The molecule has 6 nitrogen and oxygen atoms in total. The number of H-pyrrole nitrogens is 1. The van der Waals surface area contributed by atoms with Crippen molar-refractivity contribution in [3.05, 3.63) is 47.0 Å². The molecule has 3 N–H and O–H groups in total. The smallest absolute Gasteiger partial charge is 0.256 e. The minimum absolute atomic E-state index is 0.0470. The number of hydrogen-bond donors (Lipinski definition) is 3. The minimum Gasteiger partial charge on any atom is -0.360 e. The minimum atomic E-state index is -0.393. The Kier molecular flexibility index (Phi) is 5.00. The lowest BCUT2D eigenvalue weighted by molar-refractivity contribution is -0.117. The number of aromatic amines is 1. The standard InChI is InChI=1S/C21H23FN4O2/c1-13-18(10-16-15-9-14(22)5-6-17(15)25-21(16)28)23-11-19(13)24-20(27)12-26-7-3-2-4-8-26/h5-6,9-11,23H,2-4,7-8,12H2,1H3,(H,24,27)(H,25,28)/b16-10-. The number of rotatable bonds is 4. The quantitative estimate of drug-likeness (QED) is 0.710. The number of nitrogens with zero attached hydrogens (tertiary/aromatic N) is 1. The van der Waals surface area contributed by atoms with Gasteiger partial charge in [0, 0.05) is 23.1 Å². The molecule has 28 heavy (non-hydrogen) atoms. The zero-order valence-electron chi connectivity index (χ0n) is 15.8. The van der Waals surface area contributed by atoms with Crippen LogP contribution < -0.4 is 10.6 Å². The zero-order chi connectivity index (χ0) is 19.7. The highest BCUT2D eigenvalue weighted by Crippen LogP contribution is 2.34. The SMILES string of the molecule is Cc1c(NC(=O)CN2CCCCC2)c[nH]c1/C=C1\C(=O)Nc2ccc(F)cc21. The van der Waals surface area contributed by atoms with Crippen molar-refractivity contribution in [2.75, 3.05) is 30.3 Å². The molecule has 0 aliphatic carbocycles. The molecule has 1 fully saturated rings. The Morgan fingerprint density at radius 2 is 2.07 bits per heavy atom. The topological polar surface area (TPSA) is 77.2 Å². The van der Waals surface area contributed by atoms with Crippen molar-refractivity contribution in [3.8, 4) is 0 Å². The van der Waals surface area contributed by atoms with Crippen LogP contribution in [-0.2, 0) is 9.59 Å². The van der Waals surface area contributed by atoms with Crippen LogP contribution in [0.3, 0.4) is 0 Å². The largest absolute Gasteiger partial charge is 0.360 e. The number of hydrogen-bond acceptors (Lipinski definition) is 3. The Labute approximate surface area is 162 Å². The molecule has 3 heterocycles. The summed E-state index contributed by atoms with van der Waals surface area (Å²) in [7, 11) is 0. The van der Waals surface area contributed by atoms with E-state index in [2.05, 4.69) is 20.5 Å². The monoisotopic (exact) mass is 382 g/mol. The summed E-state index contributed by atoms with van der Waals surface area (Å²) in [5, 5.41) is 5.68. The predicted octanol–water partition coefficient (Wildman–Crippen LogP) is 3.38. The first kappa shape index (κ1) is 18.4. The highest BCUT2D eigenvalue weighted by molar-refractivity contribution is 6.34. The Morgan fingerprint density at radius 3 is 2.86 bits per heavy atom. The summed E-state index contributed by atoms with van der Waals surface area (Å²) in [4.78, 5) is 29.9. The number of aromatic nitrogens is 1. The molecule has 0 bridgehead atoms. The first-order valence-electron chi connectivity index (χ1n) is 9.54. The molecule has 0 atom stereocenters. The van der Waals surface area contributed by atoms with Crippen molar-refractivity contribution in [1.29, 1.82) is 0 Å². The fraction of sp³-hybridized carbons (Fsp3) is 0.333. The van der Waals surface area contributed by atoms with Crippen LogP contribution in [0, 0.1) is 12.7 Å². The van der Waals surface area contributed by atoms with Crippen LogP contribution in [0.1, 0.15) is 36.1 Å². The molecule has 1 saturated heterocycles. The van der Waals surface area contributed by atoms with E-state index in [1.165, 1.54) is 18.6 Å². The van der Waals surface area contributed by atoms with E-state index in [0.717, 1.165) is 31.5 Å². The number of anilines is 2. The average molecular weight is 382 g/mol. The fourth-order valence-corrected chi connectivity index (χ4v) is 3.75. The van der Waals surface area contributed by atoms with Gasteiger partial charge in [0.25, 0.3) is 5.91 Å². The number of amides is 2. The second-order valence-electron chi connectivity index (χ2n) is 7.33. The molecule has 2 aliphatic rings. The lowest BCUT2D eigenvalue weighted by atomic mass is 10.0. The number of fused-ring (bicyclic) bond motifs is 1. The fourth-order valence-electron chi connectivity index (χ4n) is 3.75. The molecule has 4 rings (SSSR count). The van der Waals surface area contributed by atoms with Crippen LogP contribution in [0.4, 0.5) is 15.8 Å². The maximum absolute atomic E-state index is 13.6. The third-order valence-corrected chi connectivity index (χ3v) is 5.32. The molecule has 0 saturated carbocycles. The van der Waals surface area contributed by atoms with Gasteiger partial charge in [-0.25, -0.2) is 4.39 Å². The maximum atomic E-state index is 13.6. The van der Waals surface area contributed by atoms with Crippen LogP contribution >= 0.6 is 0 Å². The number of carbonyl (C=O) groups is 2. The third kappa shape index (κ3) is 3.71. The van der Waals surface area contributed by atoms with Gasteiger partial charge in [0.2, 0.25) is 5.91 Å². The highest BCUT2D eigenvalue weighted by Gasteiger charge is 2.25. The van der Waals surface area contributed by atoms with Crippen LogP contribution in [-0.4, -0.2) is 41.3 Å². The van der Waals surface area contributed by atoms with Gasteiger partial charge in [-0.2, -0.15) is 0 Å². The summed E-state index contributed by atoms with van der Waals surface area (Å²) >= 11 is 0. The number of likely N-dealkylation sites (tertiary alicyclic amines) is 1. The average Bonchev–Trinajstić information content (AvgIpc) is 3.17. The van der Waals surface area contributed by atoms with Gasteiger partial charge in [0.05, 0.1) is 17.8 Å². The Bertz CT molecular complexity index is 957. The first-order chi connectivity index (χ1) is 13.5. The zero-order valence-corrected chi connectivity index (χ0v) is 15.8. The number of benzene rings is 1. The normalized spacial score (nSPS) is 18.2. The number of piperidine rings is 1. The maximum Gasteiger partial charge on any atom is 0.256 e. The number of carbonyl (C=O) groups excluding carboxylic acids is 2. The summed E-state index contributed by atoms with van der Waals surface area (Å²) < 4.78 is 13.6. The Balaban J connectivity index is 1.51. The second-order valence-corrected chi connectivity index (χ2v) is 7.33. The van der Waals surface area contributed by atoms with Gasteiger partial charge in [-0.1, -0.05) is 6.42 Å². The summed E-state index contributed by atoms with van der Waals surface area (Å²) in [6.07, 6.45) is 6.91. The van der Waals surface area contributed by atoms with E-state index >= 15 is 0 Å². The number of halogens is 1. The molecule has 2 aromatic rings. The van der Waals surface area contributed by atoms with Crippen molar-refractivity contribution in [2.45, 2.75) is 26.2 Å². The number of nitrogens with one attached hydrogen (secondary N) is 3. The molecule has 1 aromatic heterocycles. The van der Waals surface area contributed by atoms with E-state index in [0.29, 0.717) is 34.8 Å². The lowest BCUT2D eigenvalue weighted by Gasteiger charge is -2.25. The van der Waals surface area contributed by atoms with Crippen molar-refractivity contribution < 1.29 is 14.0 Å². The van der Waals surface area contributed by atoms with E-state index in [9.17, 15) is 14.0 Å². The van der Waals surface area contributed by atoms with Gasteiger partial charge >= 0.3 is 0 Å². The van der Waals surface area contributed by atoms with E-state index < -0.39 is 5.82 Å². The third-order valence-electron chi connectivity index (χ3n) is 5.32. The van der Waals surface area contributed by atoms with Crippen molar-refractivity contribution in [2.24, 2.45) is 0 Å². The van der Waals surface area contributed by atoms with Crippen LogP contribution in [0.5, 0.6) is 0 Å². The second kappa shape index (κ2) is 7.59. The first-order valence-corrected chi connectivity index (χ1v) is 9.54. The molecule has 0 spiro atoms. The molecule has 146 valence electrons. The van der Waals surface area contributed by atoms with Crippen molar-refractivity contribution in [3.63, 3.8) is 0 Å². The van der Waals surface area contributed by atoms with Crippen LogP contribution in [0.25, 0.3) is 11.6 Å².